The van der Waals surface area contributed by atoms with Crippen LogP contribution >= 0.6 is 27.3 Å². The number of aliphatic hydroxyl groups excluding tert-OH is 1. The summed E-state index contributed by atoms with van der Waals surface area (Å²) in [6, 6.07) is 2.00. The number of hydrogen-bond donors (Lipinski definition) is 1. The fraction of sp³-hybridized carbons (Fsp3) is 0.429. The van der Waals surface area contributed by atoms with Crippen molar-refractivity contribution in [1.82, 2.24) is 0 Å². The Morgan fingerprint density at radius 3 is 2.50 bits per heavy atom. The molecule has 1 nitrogen and oxygen atoms in total. The summed E-state index contributed by atoms with van der Waals surface area (Å²) in [5, 5.41) is 9.15. The second kappa shape index (κ2) is 3.03. The number of rotatable bonds is 1. The number of thiophene rings is 1. The van der Waals surface area contributed by atoms with E-state index in [0.29, 0.717) is 0 Å². The minimum absolute atomic E-state index is 0.338. The lowest BCUT2D eigenvalue weighted by Crippen LogP contribution is -1.83. The van der Waals surface area contributed by atoms with Crippen molar-refractivity contribution in [2.24, 2.45) is 0 Å². The molecule has 0 spiro atoms. The first-order valence-corrected chi connectivity index (χ1v) is 4.66. The molecule has 0 aliphatic rings. The summed E-state index contributed by atoms with van der Waals surface area (Å²) < 4.78 is 1.11. The minimum Gasteiger partial charge on any atom is -0.388 e. The van der Waals surface area contributed by atoms with E-state index < -0.39 is 0 Å². The third kappa shape index (κ3) is 1.59. The van der Waals surface area contributed by atoms with Gasteiger partial charge in [0.15, 0.2) is 0 Å². The normalized spacial score (nSPS) is 13.6. The van der Waals surface area contributed by atoms with Crippen LogP contribution in [0, 0.1) is 6.92 Å². The molecule has 1 rings (SSSR count). The summed E-state index contributed by atoms with van der Waals surface area (Å²) in [6.07, 6.45) is -0.338. The first-order valence-electron chi connectivity index (χ1n) is 3.05. The van der Waals surface area contributed by atoms with E-state index in [2.05, 4.69) is 15.9 Å². The van der Waals surface area contributed by atoms with Crippen LogP contribution in [-0.4, -0.2) is 5.11 Å². The number of halogens is 1. The molecule has 1 aromatic rings. The predicted molar refractivity (Wildman–Crippen MR) is 47.4 cm³/mol. The van der Waals surface area contributed by atoms with E-state index in [1.807, 2.05) is 13.0 Å². The molecule has 3 heteroatoms. The van der Waals surface area contributed by atoms with E-state index >= 15 is 0 Å². The van der Waals surface area contributed by atoms with Gasteiger partial charge in [0.05, 0.1) is 9.89 Å². The van der Waals surface area contributed by atoms with Gasteiger partial charge in [-0.1, -0.05) is 0 Å². The lowest BCUT2D eigenvalue weighted by Gasteiger charge is -1.95. The smallest absolute Gasteiger partial charge is 0.0854 e. The van der Waals surface area contributed by atoms with E-state index in [9.17, 15) is 0 Å². The fourth-order valence-electron chi connectivity index (χ4n) is 0.689. The van der Waals surface area contributed by atoms with Gasteiger partial charge in [-0.15, -0.1) is 11.3 Å². The number of hydrogen-bond acceptors (Lipinski definition) is 2. The van der Waals surface area contributed by atoms with Crippen LogP contribution < -0.4 is 0 Å². The average molecular weight is 221 g/mol. The van der Waals surface area contributed by atoms with Crippen LogP contribution in [-0.2, 0) is 0 Å². The van der Waals surface area contributed by atoms with E-state index in [1.165, 1.54) is 5.56 Å². The zero-order valence-electron chi connectivity index (χ0n) is 5.89. The maximum atomic E-state index is 9.15. The largest absolute Gasteiger partial charge is 0.388 e. The van der Waals surface area contributed by atoms with Crippen molar-refractivity contribution in [2.45, 2.75) is 20.0 Å². The summed E-state index contributed by atoms with van der Waals surface area (Å²) in [5.41, 5.74) is 1.20. The van der Waals surface area contributed by atoms with Gasteiger partial charge in [-0.25, -0.2) is 0 Å². The highest BCUT2D eigenvalue weighted by atomic mass is 79.9. The first-order chi connectivity index (χ1) is 4.61. The number of aliphatic hydroxyl groups is 1. The first kappa shape index (κ1) is 8.24. The maximum absolute atomic E-state index is 9.15. The molecule has 10 heavy (non-hydrogen) atoms. The predicted octanol–water partition coefficient (Wildman–Crippen LogP) is 2.87. The van der Waals surface area contributed by atoms with Crippen LogP contribution in [0.25, 0.3) is 0 Å². The van der Waals surface area contributed by atoms with Gasteiger partial charge in [0.25, 0.3) is 0 Å². The van der Waals surface area contributed by atoms with Crippen LogP contribution in [0.15, 0.2) is 9.85 Å². The standard InChI is InChI=1S/C7H9BrOS/c1-4-3-6(5(2)9)10-7(4)8/h3,5,9H,1-2H3. The van der Waals surface area contributed by atoms with E-state index in [-0.39, 0.29) is 6.10 Å². The SMILES string of the molecule is Cc1cc(C(C)O)sc1Br. The molecule has 0 aliphatic heterocycles. The van der Waals surface area contributed by atoms with Crippen molar-refractivity contribution >= 4 is 27.3 Å². The quantitative estimate of drug-likeness (QED) is 0.773. The molecule has 0 aromatic carbocycles. The molecule has 1 unspecified atom stereocenters. The minimum atomic E-state index is -0.338. The van der Waals surface area contributed by atoms with Crippen LogP contribution in [0.2, 0.25) is 0 Å². The molecule has 56 valence electrons. The molecule has 1 N–H and O–H groups in total. The number of aryl methyl sites for hydroxylation is 1. The van der Waals surface area contributed by atoms with E-state index in [1.54, 1.807) is 18.3 Å². The van der Waals surface area contributed by atoms with Crippen molar-refractivity contribution < 1.29 is 5.11 Å². The molecule has 0 bridgehead atoms. The second-order valence-electron chi connectivity index (χ2n) is 2.28. The van der Waals surface area contributed by atoms with Crippen LogP contribution in [0.5, 0.6) is 0 Å². The summed E-state index contributed by atoms with van der Waals surface area (Å²) in [5.74, 6) is 0. The van der Waals surface area contributed by atoms with Crippen LogP contribution in [0.1, 0.15) is 23.5 Å². The Morgan fingerprint density at radius 1 is 1.70 bits per heavy atom. The van der Waals surface area contributed by atoms with Gasteiger partial charge < -0.3 is 5.11 Å². The Kier molecular flexibility index (Phi) is 2.50. The molecular weight excluding hydrogens is 212 g/mol. The Balaban J connectivity index is 2.98. The molecule has 1 atom stereocenters. The molecule has 1 aromatic heterocycles. The van der Waals surface area contributed by atoms with Gasteiger partial charge in [0.2, 0.25) is 0 Å². The van der Waals surface area contributed by atoms with Gasteiger partial charge in [-0.3, -0.25) is 0 Å². The van der Waals surface area contributed by atoms with Crippen LogP contribution in [0.3, 0.4) is 0 Å². The maximum Gasteiger partial charge on any atom is 0.0854 e. The van der Waals surface area contributed by atoms with Gasteiger partial charge in [0, 0.05) is 4.88 Å². The molecule has 0 radical (unpaired) electrons. The van der Waals surface area contributed by atoms with Crippen molar-refractivity contribution in [3.8, 4) is 0 Å². The average Bonchev–Trinajstić information content (AvgIpc) is 2.13. The molecule has 0 saturated heterocycles. The Bertz CT molecular complexity index is 210. The topological polar surface area (TPSA) is 20.2 Å². The second-order valence-corrected chi connectivity index (χ2v) is 4.68. The lowest BCUT2D eigenvalue weighted by atomic mass is 10.3. The monoisotopic (exact) mass is 220 g/mol. The van der Waals surface area contributed by atoms with E-state index in [0.717, 1.165) is 8.66 Å². The zero-order valence-corrected chi connectivity index (χ0v) is 8.29. The van der Waals surface area contributed by atoms with Gasteiger partial charge in [-0.05, 0) is 41.4 Å². The molecule has 0 amide bonds. The zero-order chi connectivity index (χ0) is 7.72. The summed E-state index contributed by atoms with van der Waals surface area (Å²) in [7, 11) is 0. The molecule has 0 fully saturated rings. The van der Waals surface area contributed by atoms with E-state index in [4.69, 9.17) is 5.11 Å². The third-order valence-corrected chi connectivity index (χ3v) is 3.59. The third-order valence-electron chi connectivity index (χ3n) is 1.29. The highest BCUT2D eigenvalue weighted by molar-refractivity contribution is 9.11. The highest BCUT2D eigenvalue weighted by Crippen LogP contribution is 2.30. The Morgan fingerprint density at radius 2 is 2.30 bits per heavy atom. The summed E-state index contributed by atoms with van der Waals surface area (Å²) in [6.45, 7) is 3.80. The van der Waals surface area contributed by atoms with Crippen LogP contribution in [0.4, 0.5) is 0 Å². The lowest BCUT2D eigenvalue weighted by molar-refractivity contribution is 0.203. The van der Waals surface area contributed by atoms with Crippen molar-refractivity contribution in [2.75, 3.05) is 0 Å². The van der Waals surface area contributed by atoms with Gasteiger partial charge >= 0.3 is 0 Å². The van der Waals surface area contributed by atoms with Gasteiger partial charge in [0.1, 0.15) is 0 Å². The summed E-state index contributed by atoms with van der Waals surface area (Å²) >= 11 is 4.98. The molecule has 0 aliphatic carbocycles. The van der Waals surface area contributed by atoms with Crippen molar-refractivity contribution in [3.63, 3.8) is 0 Å². The van der Waals surface area contributed by atoms with Gasteiger partial charge in [-0.2, -0.15) is 0 Å². The molecular formula is C7H9BrOS. The Hall–Kier alpha value is 0.140. The molecule has 0 saturated carbocycles. The summed E-state index contributed by atoms with van der Waals surface area (Å²) in [4.78, 5) is 1.02. The van der Waals surface area contributed by atoms with Crippen molar-refractivity contribution in [1.29, 1.82) is 0 Å². The Labute approximate surface area is 72.8 Å². The highest BCUT2D eigenvalue weighted by Gasteiger charge is 2.06. The van der Waals surface area contributed by atoms with Crippen molar-refractivity contribution in [3.05, 3.63) is 20.3 Å². The molecule has 1 heterocycles. The fourth-order valence-corrected chi connectivity index (χ4v) is 2.20.